The Balaban J connectivity index is 1.77. The molecule has 1 amide bonds. The molecular formula is C26H24ClN3O2S. The molecule has 7 heteroatoms. The molecule has 0 unspecified atom stereocenters. The summed E-state index contributed by atoms with van der Waals surface area (Å²) in [7, 11) is 3.46. The second-order valence-corrected chi connectivity index (χ2v) is 9.48. The third-order valence-corrected chi connectivity index (χ3v) is 6.84. The molecule has 0 fully saturated rings. The Morgan fingerprint density at radius 1 is 1.06 bits per heavy atom. The van der Waals surface area contributed by atoms with Crippen LogP contribution in [0.1, 0.15) is 27.0 Å². The Morgan fingerprint density at radius 3 is 2.48 bits per heavy atom. The van der Waals surface area contributed by atoms with E-state index >= 15 is 0 Å². The van der Waals surface area contributed by atoms with Gasteiger partial charge in [-0.05, 0) is 66.9 Å². The number of carbonyl (C=O) groups is 1. The number of aryl methyl sites for hydroxylation is 1. The van der Waals surface area contributed by atoms with Crippen LogP contribution in [0.25, 0.3) is 16.6 Å². The second kappa shape index (κ2) is 9.41. The third kappa shape index (κ3) is 4.68. The van der Waals surface area contributed by atoms with Crippen LogP contribution < -0.4 is 5.56 Å². The Labute approximate surface area is 202 Å². The first kappa shape index (κ1) is 23.1. The molecule has 33 heavy (non-hydrogen) atoms. The highest BCUT2D eigenvalue weighted by molar-refractivity contribution is 7.98. The normalized spacial score (nSPS) is 11.1. The molecule has 0 radical (unpaired) electrons. The number of thioether (sulfide) groups is 1. The molecule has 0 aliphatic heterocycles. The minimum Gasteiger partial charge on any atom is -0.345 e. The molecule has 0 bridgehead atoms. The highest BCUT2D eigenvalue weighted by Crippen LogP contribution is 2.27. The van der Waals surface area contributed by atoms with Gasteiger partial charge in [-0.2, -0.15) is 0 Å². The molecule has 0 N–H and O–H groups in total. The number of benzene rings is 3. The number of fused-ring (bicyclic) bond motifs is 1. The van der Waals surface area contributed by atoms with Crippen LogP contribution in [0.15, 0.2) is 70.6 Å². The van der Waals surface area contributed by atoms with E-state index in [1.54, 1.807) is 41.8 Å². The smallest absolute Gasteiger partial charge is 0.266 e. The Morgan fingerprint density at radius 2 is 1.79 bits per heavy atom. The summed E-state index contributed by atoms with van der Waals surface area (Å²) < 4.78 is 1.69. The van der Waals surface area contributed by atoms with Gasteiger partial charge >= 0.3 is 0 Å². The van der Waals surface area contributed by atoms with Crippen LogP contribution in [-0.2, 0) is 5.75 Å². The zero-order valence-electron chi connectivity index (χ0n) is 18.9. The van der Waals surface area contributed by atoms with Crippen LogP contribution in [0.2, 0.25) is 5.02 Å². The summed E-state index contributed by atoms with van der Waals surface area (Å²) in [5.41, 5.74) is 5.07. The SMILES string of the molecule is Cc1cccc(-n2c(SCc3ccc(C(=O)N(C)C)cc3)nc3cc(Cl)ccc3c2=O)c1C. The number of rotatable bonds is 5. The van der Waals surface area contributed by atoms with E-state index < -0.39 is 0 Å². The first-order valence-electron chi connectivity index (χ1n) is 10.5. The molecule has 0 saturated carbocycles. The first-order chi connectivity index (χ1) is 15.8. The molecule has 3 aromatic carbocycles. The van der Waals surface area contributed by atoms with Gasteiger partial charge in [0.2, 0.25) is 0 Å². The summed E-state index contributed by atoms with van der Waals surface area (Å²) in [6.07, 6.45) is 0. The van der Waals surface area contributed by atoms with E-state index in [4.69, 9.17) is 16.6 Å². The topological polar surface area (TPSA) is 55.2 Å². The Kier molecular flexibility index (Phi) is 6.58. The van der Waals surface area contributed by atoms with Crippen molar-refractivity contribution in [3.8, 4) is 5.69 Å². The predicted molar refractivity (Wildman–Crippen MR) is 136 cm³/mol. The average molecular weight is 478 g/mol. The van der Waals surface area contributed by atoms with E-state index in [0.29, 0.717) is 32.4 Å². The van der Waals surface area contributed by atoms with Crippen molar-refractivity contribution >= 4 is 40.2 Å². The Bertz CT molecular complexity index is 1410. The van der Waals surface area contributed by atoms with E-state index in [-0.39, 0.29) is 11.5 Å². The largest absolute Gasteiger partial charge is 0.345 e. The van der Waals surface area contributed by atoms with Crippen molar-refractivity contribution in [1.29, 1.82) is 0 Å². The van der Waals surface area contributed by atoms with Crippen molar-refractivity contribution in [3.63, 3.8) is 0 Å². The van der Waals surface area contributed by atoms with E-state index in [0.717, 1.165) is 22.4 Å². The van der Waals surface area contributed by atoms with Gasteiger partial charge in [0.05, 0.1) is 16.6 Å². The summed E-state index contributed by atoms with van der Waals surface area (Å²) >= 11 is 7.65. The number of halogens is 1. The van der Waals surface area contributed by atoms with Crippen molar-refractivity contribution in [2.45, 2.75) is 24.8 Å². The van der Waals surface area contributed by atoms with Crippen molar-refractivity contribution in [3.05, 3.63) is 98.3 Å². The Hall–Kier alpha value is -3.09. The van der Waals surface area contributed by atoms with Crippen molar-refractivity contribution in [2.75, 3.05) is 14.1 Å². The lowest BCUT2D eigenvalue weighted by Gasteiger charge is -2.16. The van der Waals surface area contributed by atoms with E-state index in [9.17, 15) is 9.59 Å². The lowest BCUT2D eigenvalue weighted by Crippen LogP contribution is -2.22. The third-order valence-electron chi connectivity index (χ3n) is 5.59. The van der Waals surface area contributed by atoms with Gasteiger partial charge in [0, 0.05) is 30.4 Å². The monoisotopic (exact) mass is 477 g/mol. The predicted octanol–water partition coefficient (Wildman–Crippen LogP) is 5.65. The molecule has 4 rings (SSSR count). The average Bonchev–Trinajstić information content (AvgIpc) is 2.79. The lowest BCUT2D eigenvalue weighted by atomic mass is 10.1. The molecular weight excluding hydrogens is 454 g/mol. The quantitative estimate of drug-likeness (QED) is 0.275. The van der Waals surface area contributed by atoms with Gasteiger partial charge < -0.3 is 4.90 Å². The summed E-state index contributed by atoms with van der Waals surface area (Å²) in [6.45, 7) is 4.04. The van der Waals surface area contributed by atoms with Crippen molar-refractivity contribution in [2.24, 2.45) is 0 Å². The van der Waals surface area contributed by atoms with Gasteiger partial charge in [0.25, 0.3) is 11.5 Å². The zero-order chi connectivity index (χ0) is 23.7. The van der Waals surface area contributed by atoms with Crippen LogP contribution >= 0.6 is 23.4 Å². The molecule has 4 aromatic rings. The molecule has 1 aromatic heterocycles. The van der Waals surface area contributed by atoms with Crippen molar-refractivity contribution < 1.29 is 4.79 Å². The number of carbonyl (C=O) groups excluding carboxylic acids is 1. The summed E-state index contributed by atoms with van der Waals surface area (Å²) in [5.74, 6) is 0.561. The molecule has 0 spiro atoms. The summed E-state index contributed by atoms with van der Waals surface area (Å²) in [6, 6.07) is 18.6. The maximum absolute atomic E-state index is 13.5. The zero-order valence-corrected chi connectivity index (χ0v) is 20.5. The van der Waals surface area contributed by atoms with Crippen LogP contribution in [0, 0.1) is 13.8 Å². The minimum atomic E-state index is -0.125. The highest BCUT2D eigenvalue weighted by atomic mass is 35.5. The lowest BCUT2D eigenvalue weighted by molar-refractivity contribution is 0.0827. The fraction of sp³-hybridized carbons (Fsp3) is 0.192. The van der Waals surface area contributed by atoms with Gasteiger partial charge in [-0.1, -0.05) is 47.6 Å². The molecule has 1 heterocycles. The molecule has 0 atom stereocenters. The van der Waals surface area contributed by atoms with Crippen LogP contribution in [0.3, 0.4) is 0 Å². The van der Waals surface area contributed by atoms with Crippen molar-refractivity contribution in [1.82, 2.24) is 14.5 Å². The second-order valence-electron chi connectivity index (χ2n) is 8.10. The fourth-order valence-corrected chi connectivity index (χ4v) is 4.70. The van der Waals surface area contributed by atoms with Crippen LogP contribution in [0.4, 0.5) is 0 Å². The molecule has 0 aliphatic carbocycles. The van der Waals surface area contributed by atoms with Crippen LogP contribution in [0.5, 0.6) is 0 Å². The number of aromatic nitrogens is 2. The maximum atomic E-state index is 13.5. The van der Waals surface area contributed by atoms with Crippen LogP contribution in [-0.4, -0.2) is 34.5 Å². The number of hydrogen-bond donors (Lipinski definition) is 0. The molecule has 168 valence electrons. The number of amides is 1. The first-order valence-corrected chi connectivity index (χ1v) is 11.8. The molecule has 0 saturated heterocycles. The number of nitrogens with zero attached hydrogens (tertiary/aromatic N) is 3. The van der Waals surface area contributed by atoms with E-state index in [1.165, 1.54) is 11.8 Å². The maximum Gasteiger partial charge on any atom is 0.266 e. The fourth-order valence-electron chi connectivity index (χ4n) is 3.58. The standard InChI is InChI=1S/C26H24ClN3O2S/c1-16-6-5-7-23(17(16)2)30-25(32)21-13-12-20(27)14-22(21)28-26(30)33-15-18-8-10-19(11-9-18)24(31)29(3)4/h5-14H,15H2,1-4H3. The van der Waals surface area contributed by atoms with Gasteiger partial charge in [0.15, 0.2) is 5.16 Å². The molecule has 5 nitrogen and oxygen atoms in total. The molecule has 0 aliphatic rings. The van der Waals surface area contributed by atoms with Gasteiger partial charge in [-0.25, -0.2) is 4.98 Å². The summed E-state index contributed by atoms with van der Waals surface area (Å²) in [5, 5.41) is 1.66. The van der Waals surface area contributed by atoms with E-state index in [2.05, 4.69) is 0 Å². The highest BCUT2D eigenvalue weighted by Gasteiger charge is 2.16. The van der Waals surface area contributed by atoms with E-state index in [1.807, 2.05) is 56.3 Å². The van der Waals surface area contributed by atoms with Gasteiger partial charge in [0.1, 0.15) is 0 Å². The van der Waals surface area contributed by atoms with Gasteiger partial charge in [-0.15, -0.1) is 0 Å². The summed E-state index contributed by atoms with van der Waals surface area (Å²) in [4.78, 5) is 32.1. The minimum absolute atomic E-state index is 0.0361. The van der Waals surface area contributed by atoms with Gasteiger partial charge in [-0.3, -0.25) is 14.2 Å². The number of hydrogen-bond acceptors (Lipinski definition) is 4.